The monoisotopic (exact) mass is 362 g/mol. The van der Waals surface area contributed by atoms with Crippen LogP contribution in [0.2, 0.25) is 0 Å². The van der Waals surface area contributed by atoms with Gasteiger partial charge in [0.05, 0.1) is 31.0 Å². The largest absolute Gasteiger partial charge is 0.378 e. The number of carbonyl (C=O) groups excluding carboxylic acids is 1. The number of hydrogen-bond acceptors (Lipinski definition) is 5. The van der Waals surface area contributed by atoms with Gasteiger partial charge in [-0.25, -0.2) is 4.98 Å². The maximum Gasteiger partial charge on any atom is 0.229 e. The van der Waals surface area contributed by atoms with Crippen LogP contribution < -0.4 is 15.5 Å². The molecule has 2 N–H and O–H groups in total. The number of amides is 1. The molecule has 0 aliphatic carbocycles. The first-order valence-electron chi connectivity index (χ1n) is 7.63. The number of rotatable bonds is 3. The number of aromatic nitrogens is 1. The van der Waals surface area contributed by atoms with Gasteiger partial charge in [-0.2, -0.15) is 0 Å². The first-order chi connectivity index (χ1) is 10.3. The van der Waals surface area contributed by atoms with E-state index in [4.69, 9.17) is 4.74 Å². The van der Waals surface area contributed by atoms with Crippen molar-refractivity contribution in [3.63, 3.8) is 0 Å². The highest BCUT2D eigenvalue weighted by atomic mass is 35.5. The number of piperidine rings is 1. The van der Waals surface area contributed by atoms with E-state index >= 15 is 0 Å². The Kier molecular flexibility index (Phi) is 8.62. The summed E-state index contributed by atoms with van der Waals surface area (Å²) >= 11 is 0. The third kappa shape index (κ3) is 5.49. The minimum Gasteiger partial charge on any atom is -0.378 e. The molecular weight excluding hydrogens is 339 g/mol. The zero-order valence-corrected chi connectivity index (χ0v) is 14.6. The molecule has 2 aliphatic heterocycles. The van der Waals surface area contributed by atoms with E-state index < -0.39 is 0 Å². The SMILES string of the molecule is Cl.Cl.O=C(Nc1ccc(N2CCOCC2)cn1)C1CCCNC1. The molecule has 0 radical (unpaired) electrons. The van der Waals surface area contributed by atoms with Crippen molar-refractivity contribution in [2.45, 2.75) is 12.8 Å². The number of nitrogens with one attached hydrogen (secondary N) is 2. The van der Waals surface area contributed by atoms with Gasteiger partial charge in [-0.3, -0.25) is 4.79 Å². The Balaban J connectivity index is 0.00000132. The molecule has 3 heterocycles. The van der Waals surface area contributed by atoms with Gasteiger partial charge in [0.2, 0.25) is 5.91 Å². The van der Waals surface area contributed by atoms with Crippen LogP contribution in [0.5, 0.6) is 0 Å². The lowest BCUT2D eigenvalue weighted by Crippen LogP contribution is -2.37. The molecule has 2 fully saturated rings. The fraction of sp³-hybridized carbons (Fsp3) is 0.600. The van der Waals surface area contributed by atoms with E-state index in [1.165, 1.54) is 0 Å². The van der Waals surface area contributed by atoms with Crippen LogP contribution in [0.1, 0.15) is 12.8 Å². The van der Waals surface area contributed by atoms with E-state index in [0.29, 0.717) is 5.82 Å². The van der Waals surface area contributed by atoms with Crippen LogP contribution in [0.4, 0.5) is 11.5 Å². The zero-order chi connectivity index (χ0) is 14.5. The Hall–Kier alpha value is -1.08. The molecule has 1 atom stereocenters. The van der Waals surface area contributed by atoms with Crippen molar-refractivity contribution >= 4 is 42.2 Å². The fourth-order valence-electron chi connectivity index (χ4n) is 2.77. The third-order valence-electron chi connectivity index (χ3n) is 4.04. The van der Waals surface area contributed by atoms with E-state index in [1.807, 2.05) is 18.3 Å². The quantitative estimate of drug-likeness (QED) is 0.856. The average molecular weight is 363 g/mol. The zero-order valence-electron chi connectivity index (χ0n) is 13.0. The van der Waals surface area contributed by atoms with Crippen LogP contribution in [0.25, 0.3) is 0 Å². The summed E-state index contributed by atoms with van der Waals surface area (Å²) in [6, 6.07) is 3.88. The summed E-state index contributed by atoms with van der Waals surface area (Å²) in [7, 11) is 0. The average Bonchev–Trinajstić information content (AvgIpc) is 2.57. The van der Waals surface area contributed by atoms with E-state index in [1.54, 1.807) is 0 Å². The van der Waals surface area contributed by atoms with Gasteiger partial charge in [0.15, 0.2) is 0 Å². The van der Waals surface area contributed by atoms with Crippen molar-refractivity contribution in [1.82, 2.24) is 10.3 Å². The summed E-state index contributed by atoms with van der Waals surface area (Å²) in [6.07, 6.45) is 3.83. The van der Waals surface area contributed by atoms with Gasteiger partial charge in [0.1, 0.15) is 5.82 Å². The molecule has 6 nitrogen and oxygen atoms in total. The number of nitrogens with zero attached hydrogens (tertiary/aromatic N) is 2. The molecule has 1 aromatic heterocycles. The molecule has 2 saturated heterocycles. The molecule has 1 amide bonds. The summed E-state index contributed by atoms with van der Waals surface area (Å²) in [5, 5.41) is 6.16. The first kappa shape index (κ1) is 20.0. The van der Waals surface area contributed by atoms with Crippen LogP contribution in [0, 0.1) is 5.92 Å². The van der Waals surface area contributed by atoms with Crippen LogP contribution in [-0.4, -0.2) is 50.3 Å². The summed E-state index contributed by atoms with van der Waals surface area (Å²) in [5.41, 5.74) is 1.08. The molecule has 2 aliphatic rings. The Morgan fingerprint density at radius 3 is 2.70 bits per heavy atom. The van der Waals surface area contributed by atoms with Gasteiger partial charge in [0, 0.05) is 19.6 Å². The fourth-order valence-corrected chi connectivity index (χ4v) is 2.77. The molecule has 23 heavy (non-hydrogen) atoms. The maximum atomic E-state index is 12.1. The molecule has 0 bridgehead atoms. The van der Waals surface area contributed by atoms with Crippen LogP contribution >= 0.6 is 24.8 Å². The van der Waals surface area contributed by atoms with Crippen LogP contribution in [0.3, 0.4) is 0 Å². The molecule has 8 heteroatoms. The molecule has 0 aromatic carbocycles. The Morgan fingerprint density at radius 2 is 2.09 bits per heavy atom. The molecular formula is C15H24Cl2N4O2. The van der Waals surface area contributed by atoms with Crippen molar-refractivity contribution in [3.05, 3.63) is 18.3 Å². The highest BCUT2D eigenvalue weighted by Crippen LogP contribution is 2.18. The predicted molar refractivity (Wildman–Crippen MR) is 96.0 cm³/mol. The number of halogens is 2. The smallest absolute Gasteiger partial charge is 0.229 e. The van der Waals surface area contributed by atoms with Gasteiger partial charge >= 0.3 is 0 Å². The van der Waals surface area contributed by atoms with E-state index in [0.717, 1.165) is 57.9 Å². The Bertz CT molecular complexity index is 475. The van der Waals surface area contributed by atoms with Crippen molar-refractivity contribution in [2.24, 2.45) is 5.92 Å². The third-order valence-corrected chi connectivity index (χ3v) is 4.04. The lowest BCUT2D eigenvalue weighted by molar-refractivity contribution is -0.120. The minimum absolute atomic E-state index is 0. The number of pyridine rings is 1. The second kappa shape index (κ2) is 9.93. The topological polar surface area (TPSA) is 66.5 Å². The predicted octanol–water partition coefficient (Wildman–Crippen LogP) is 1.70. The lowest BCUT2D eigenvalue weighted by Gasteiger charge is -2.28. The number of ether oxygens (including phenoxy) is 1. The second-order valence-corrected chi connectivity index (χ2v) is 5.53. The van der Waals surface area contributed by atoms with Crippen LogP contribution in [0.15, 0.2) is 18.3 Å². The van der Waals surface area contributed by atoms with E-state index in [-0.39, 0.29) is 36.6 Å². The Morgan fingerprint density at radius 1 is 1.30 bits per heavy atom. The molecule has 0 saturated carbocycles. The van der Waals surface area contributed by atoms with E-state index in [9.17, 15) is 4.79 Å². The molecule has 1 unspecified atom stereocenters. The van der Waals surface area contributed by atoms with Gasteiger partial charge in [-0.15, -0.1) is 24.8 Å². The maximum absolute atomic E-state index is 12.1. The van der Waals surface area contributed by atoms with Crippen molar-refractivity contribution < 1.29 is 9.53 Å². The Labute approximate surface area is 149 Å². The van der Waals surface area contributed by atoms with Crippen LogP contribution in [-0.2, 0) is 9.53 Å². The van der Waals surface area contributed by atoms with E-state index in [2.05, 4.69) is 20.5 Å². The standard InChI is InChI=1S/C15H22N4O2.2ClH/c20-15(12-2-1-5-16-10-12)18-14-4-3-13(11-17-14)19-6-8-21-9-7-19;;/h3-4,11-12,16H,1-2,5-10H2,(H,17,18,20);2*1H. The van der Waals surface area contributed by atoms with Crippen molar-refractivity contribution in [2.75, 3.05) is 49.6 Å². The normalized spacial score (nSPS) is 20.9. The summed E-state index contributed by atoms with van der Waals surface area (Å²) in [5.74, 6) is 0.746. The second-order valence-electron chi connectivity index (χ2n) is 5.53. The van der Waals surface area contributed by atoms with Gasteiger partial charge < -0.3 is 20.3 Å². The highest BCUT2D eigenvalue weighted by Gasteiger charge is 2.21. The summed E-state index contributed by atoms with van der Waals surface area (Å²) < 4.78 is 5.34. The van der Waals surface area contributed by atoms with Crippen molar-refractivity contribution in [3.8, 4) is 0 Å². The molecule has 0 spiro atoms. The van der Waals surface area contributed by atoms with Gasteiger partial charge in [0.25, 0.3) is 0 Å². The first-order valence-corrected chi connectivity index (χ1v) is 7.63. The highest BCUT2D eigenvalue weighted by molar-refractivity contribution is 5.92. The number of anilines is 2. The summed E-state index contributed by atoms with van der Waals surface area (Å²) in [6.45, 7) is 5.07. The van der Waals surface area contributed by atoms with Gasteiger partial charge in [-0.1, -0.05) is 0 Å². The molecule has 3 rings (SSSR count). The summed E-state index contributed by atoms with van der Waals surface area (Å²) in [4.78, 5) is 18.7. The lowest BCUT2D eigenvalue weighted by atomic mass is 9.99. The van der Waals surface area contributed by atoms with Crippen molar-refractivity contribution in [1.29, 1.82) is 0 Å². The number of carbonyl (C=O) groups is 1. The van der Waals surface area contributed by atoms with Gasteiger partial charge in [-0.05, 0) is 31.5 Å². The molecule has 1 aromatic rings. The molecule has 130 valence electrons. The minimum atomic E-state index is 0. The number of hydrogen-bond donors (Lipinski definition) is 2. The number of morpholine rings is 1.